The SMILES string of the molecule is CCOC(=O)Cc1csc(C2=CCC(F)(F)CC2)n1. The normalized spacial score (nSPS) is 17.9. The molecule has 0 spiro atoms. The van der Waals surface area contributed by atoms with Crippen LogP contribution in [0.5, 0.6) is 0 Å². The maximum atomic E-state index is 13.0. The van der Waals surface area contributed by atoms with Gasteiger partial charge < -0.3 is 4.74 Å². The highest BCUT2D eigenvalue weighted by atomic mass is 32.1. The van der Waals surface area contributed by atoms with Gasteiger partial charge in [0.15, 0.2) is 0 Å². The zero-order valence-corrected chi connectivity index (χ0v) is 11.4. The molecule has 1 heterocycles. The van der Waals surface area contributed by atoms with E-state index >= 15 is 0 Å². The topological polar surface area (TPSA) is 39.2 Å². The molecule has 1 aromatic rings. The van der Waals surface area contributed by atoms with Gasteiger partial charge in [-0.25, -0.2) is 13.8 Å². The van der Waals surface area contributed by atoms with E-state index in [2.05, 4.69) is 4.98 Å². The Labute approximate surface area is 114 Å². The summed E-state index contributed by atoms with van der Waals surface area (Å²) in [6.07, 6.45) is 1.66. The van der Waals surface area contributed by atoms with Crippen LogP contribution < -0.4 is 0 Å². The van der Waals surface area contributed by atoms with E-state index < -0.39 is 5.92 Å². The third-order valence-electron chi connectivity index (χ3n) is 2.86. The van der Waals surface area contributed by atoms with Crippen molar-refractivity contribution in [3.05, 3.63) is 22.2 Å². The van der Waals surface area contributed by atoms with E-state index in [9.17, 15) is 13.6 Å². The molecule has 104 valence electrons. The summed E-state index contributed by atoms with van der Waals surface area (Å²) in [7, 11) is 0. The summed E-state index contributed by atoms with van der Waals surface area (Å²) in [5.41, 5.74) is 1.49. The Morgan fingerprint density at radius 2 is 2.37 bits per heavy atom. The number of alkyl halides is 2. The zero-order valence-electron chi connectivity index (χ0n) is 10.6. The van der Waals surface area contributed by atoms with Crippen LogP contribution in [0.15, 0.2) is 11.5 Å². The smallest absolute Gasteiger partial charge is 0.311 e. The van der Waals surface area contributed by atoms with Crippen molar-refractivity contribution in [1.29, 1.82) is 0 Å². The minimum absolute atomic E-state index is 0.133. The van der Waals surface area contributed by atoms with Gasteiger partial charge in [0.1, 0.15) is 5.01 Å². The van der Waals surface area contributed by atoms with Gasteiger partial charge in [-0.2, -0.15) is 0 Å². The second kappa shape index (κ2) is 5.77. The molecule has 0 fully saturated rings. The van der Waals surface area contributed by atoms with E-state index in [0.29, 0.717) is 18.7 Å². The highest BCUT2D eigenvalue weighted by molar-refractivity contribution is 7.10. The van der Waals surface area contributed by atoms with Gasteiger partial charge in [-0.05, 0) is 18.9 Å². The molecule has 0 N–H and O–H groups in total. The highest BCUT2D eigenvalue weighted by Gasteiger charge is 2.31. The van der Waals surface area contributed by atoms with Gasteiger partial charge >= 0.3 is 5.97 Å². The number of nitrogens with zero attached hydrogens (tertiary/aromatic N) is 1. The van der Waals surface area contributed by atoms with Gasteiger partial charge in [0.2, 0.25) is 0 Å². The van der Waals surface area contributed by atoms with Crippen molar-refractivity contribution in [2.75, 3.05) is 6.61 Å². The Morgan fingerprint density at radius 1 is 1.58 bits per heavy atom. The molecule has 0 aliphatic heterocycles. The van der Waals surface area contributed by atoms with Crippen LogP contribution in [0.3, 0.4) is 0 Å². The molecule has 0 unspecified atom stereocenters. The Morgan fingerprint density at radius 3 is 3.00 bits per heavy atom. The van der Waals surface area contributed by atoms with E-state index in [1.807, 2.05) is 0 Å². The van der Waals surface area contributed by atoms with Crippen LogP contribution in [-0.2, 0) is 16.0 Å². The lowest BCUT2D eigenvalue weighted by Crippen LogP contribution is -2.18. The zero-order chi connectivity index (χ0) is 13.9. The third-order valence-corrected chi connectivity index (χ3v) is 3.83. The average molecular weight is 287 g/mol. The van der Waals surface area contributed by atoms with Gasteiger partial charge in [0, 0.05) is 18.2 Å². The number of allylic oxidation sites excluding steroid dienone is 2. The third kappa shape index (κ3) is 3.83. The molecule has 0 atom stereocenters. The molecule has 0 aromatic carbocycles. The first-order valence-corrected chi connectivity index (χ1v) is 7.05. The molecular formula is C13H15F2NO2S. The second-order valence-corrected chi connectivity index (χ2v) is 5.27. The standard InChI is InChI=1S/C13H15F2NO2S/c1-2-18-11(17)7-10-8-19-12(16-10)9-3-5-13(14,15)6-4-9/h3,8H,2,4-7H2,1H3. The number of carbonyl (C=O) groups excluding carboxylic acids is 1. The lowest BCUT2D eigenvalue weighted by molar-refractivity contribution is -0.142. The Bertz CT molecular complexity index is 497. The van der Waals surface area contributed by atoms with Crippen molar-refractivity contribution in [3.63, 3.8) is 0 Å². The van der Waals surface area contributed by atoms with Crippen LogP contribution in [0.4, 0.5) is 8.78 Å². The monoisotopic (exact) mass is 287 g/mol. The lowest BCUT2D eigenvalue weighted by Gasteiger charge is -2.20. The predicted molar refractivity (Wildman–Crippen MR) is 69.2 cm³/mol. The number of thiazole rings is 1. The maximum absolute atomic E-state index is 13.0. The molecule has 0 radical (unpaired) electrons. The van der Waals surface area contributed by atoms with Gasteiger partial charge in [-0.3, -0.25) is 4.79 Å². The van der Waals surface area contributed by atoms with Crippen LogP contribution in [0.2, 0.25) is 0 Å². The van der Waals surface area contributed by atoms with E-state index in [0.717, 1.165) is 10.6 Å². The largest absolute Gasteiger partial charge is 0.466 e. The van der Waals surface area contributed by atoms with Gasteiger partial charge in [-0.15, -0.1) is 11.3 Å². The Hall–Kier alpha value is -1.30. The van der Waals surface area contributed by atoms with Crippen LogP contribution in [0.1, 0.15) is 36.9 Å². The fourth-order valence-electron chi connectivity index (χ4n) is 1.88. The molecule has 2 rings (SSSR count). The van der Waals surface area contributed by atoms with Gasteiger partial charge in [0.25, 0.3) is 5.92 Å². The van der Waals surface area contributed by atoms with Crippen molar-refractivity contribution in [2.45, 2.75) is 38.5 Å². The highest BCUT2D eigenvalue weighted by Crippen LogP contribution is 2.37. The molecule has 3 nitrogen and oxygen atoms in total. The first kappa shape index (κ1) is 14.1. The van der Waals surface area contributed by atoms with E-state index in [4.69, 9.17) is 4.74 Å². The number of carbonyl (C=O) groups is 1. The number of aromatic nitrogens is 1. The predicted octanol–water partition coefficient (Wildman–Crippen LogP) is 3.45. The second-order valence-electron chi connectivity index (χ2n) is 4.42. The molecule has 19 heavy (non-hydrogen) atoms. The summed E-state index contributed by atoms with van der Waals surface area (Å²) in [5, 5.41) is 2.51. The minimum Gasteiger partial charge on any atom is -0.466 e. The Balaban J connectivity index is 2.02. The molecule has 0 saturated carbocycles. The quantitative estimate of drug-likeness (QED) is 0.796. The summed E-state index contributed by atoms with van der Waals surface area (Å²) in [6, 6.07) is 0. The van der Waals surface area contributed by atoms with Gasteiger partial charge in [-0.1, -0.05) is 6.08 Å². The van der Waals surface area contributed by atoms with Crippen LogP contribution in [0, 0.1) is 0 Å². The van der Waals surface area contributed by atoms with Crippen molar-refractivity contribution in [2.24, 2.45) is 0 Å². The molecule has 1 aliphatic rings. The summed E-state index contributed by atoms with van der Waals surface area (Å²) in [5.74, 6) is -2.90. The first-order chi connectivity index (χ1) is 9.00. The number of ether oxygens (including phenoxy) is 1. The van der Waals surface area contributed by atoms with Crippen molar-refractivity contribution >= 4 is 22.9 Å². The van der Waals surface area contributed by atoms with Gasteiger partial charge in [0.05, 0.1) is 18.7 Å². The lowest BCUT2D eigenvalue weighted by atomic mass is 9.97. The number of hydrogen-bond donors (Lipinski definition) is 0. The van der Waals surface area contributed by atoms with E-state index in [-0.39, 0.29) is 25.2 Å². The maximum Gasteiger partial charge on any atom is 0.311 e. The number of halogens is 2. The molecule has 1 aromatic heterocycles. The van der Waals surface area contributed by atoms with Crippen LogP contribution >= 0.6 is 11.3 Å². The molecular weight excluding hydrogens is 272 g/mol. The molecule has 0 amide bonds. The molecule has 1 aliphatic carbocycles. The molecule has 0 saturated heterocycles. The Kier molecular flexibility index (Phi) is 4.29. The average Bonchev–Trinajstić information content (AvgIpc) is 2.77. The van der Waals surface area contributed by atoms with Crippen molar-refractivity contribution < 1.29 is 18.3 Å². The number of hydrogen-bond acceptors (Lipinski definition) is 4. The summed E-state index contributed by atoms with van der Waals surface area (Å²) < 4.78 is 30.9. The fraction of sp³-hybridized carbons (Fsp3) is 0.538. The van der Waals surface area contributed by atoms with Crippen molar-refractivity contribution in [1.82, 2.24) is 4.98 Å². The summed E-state index contributed by atoms with van der Waals surface area (Å²) in [4.78, 5) is 15.6. The van der Waals surface area contributed by atoms with E-state index in [1.165, 1.54) is 11.3 Å². The number of esters is 1. The van der Waals surface area contributed by atoms with Crippen LogP contribution in [-0.4, -0.2) is 23.5 Å². The fourth-order valence-corrected chi connectivity index (χ4v) is 2.77. The minimum atomic E-state index is -2.59. The first-order valence-electron chi connectivity index (χ1n) is 6.17. The summed E-state index contributed by atoms with van der Waals surface area (Å²) in [6.45, 7) is 2.09. The van der Waals surface area contributed by atoms with E-state index in [1.54, 1.807) is 18.4 Å². The molecule has 6 heteroatoms. The number of rotatable bonds is 4. The summed E-state index contributed by atoms with van der Waals surface area (Å²) >= 11 is 1.38. The molecule has 0 bridgehead atoms. The van der Waals surface area contributed by atoms with Crippen LogP contribution in [0.25, 0.3) is 5.57 Å². The van der Waals surface area contributed by atoms with Crippen molar-refractivity contribution in [3.8, 4) is 0 Å².